The number of rotatable bonds is 2. The Morgan fingerprint density at radius 1 is 1.30 bits per heavy atom. The largest absolute Gasteiger partial charge is 0.361 e. The molecule has 0 unspecified atom stereocenters. The van der Waals surface area contributed by atoms with E-state index >= 15 is 0 Å². The van der Waals surface area contributed by atoms with E-state index in [0.717, 1.165) is 46.4 Å². The summed E-state index contributed by atoms with van der Waals surface area (Å²) in [6.07, 6.45) is 4.49. The van der Waals surface area contributed by atoms with Crippen LogP contribution >= 0.6 is 0 Å². The summed E-state index contributed by atoms with van der Waals surface area (Å²) >= 11 is 0. The van der Waals surface area contributed by atoms with Crippen molar-refractivity contribution < 1.29 is 4.79 Å². The molecular weight excluding hydrogens is 288 g/mol. The fraction of sp³-hybridized carbons (Fsp3) is 0.222. The highest BCUT2D eigenvalue weighted by Gasteiger charge is 2.19. The Kier molecular flexibility index (Phi) is 3.35. The van der Waals surface area contributed by atoms with Gasteiger partial charge in [-0.3, -0.25) is 9.78 Å². The zero-order chi connectivity index (χ0) is 15.8. The van der Waals surface area contributed by atoms with Crippen molar-refractivity contribution in [3.8, 4) is 0 Å². The fourth-order valence-electron chi connectivity index (χ4n) is 3.12. The Hall–Kier alpha value is -2.66. The number of carbonyl (C=O) groups excluding carboxylic acids is 1. The second-order valence-corrected chi connectivity index (χ2v) is 5.90. The van der Waals surface area contributed by atoms with Gasteiger partial charge in [0.2, 0.25) is 0 Å². The molecule has 0 saturated carbocycles. The number of anilines is 1. The monoisotopic (exact) mass is 306 g/mol. The summed E-state index contributed by atoms with van der Waals surface area (Å²) in [4.78, 5) is 20.3. The molecule has 5 heteroatoms. The van der Waals surface area contributed by atoms with Crippen LogP contribution in [0.25, 0.3) is 10.9 Å². The molecule has 1 amide bonds. The van der Waals surface area contributed by atoms with Crippen molar-refractivity contribution in [1.82, 2.24) is 15.3 Å². The van der Waals surface area contributed by atoms with Gasteiger partial charge in [0.25, 0.3) is 5.91 Å². The molecule has 3 aromatic rings. The molecule has 0 bridgehead atoms. The summed E-state index contributed by atoms with van der Waals surface area (Å²) < 4.78 is 0. The van der Waals surface area contributed by atoms with E-state index in [1.807, 2.05) is 25.3 Å². The van der Waals surface area contributed by atoms with Crippen LogP contribution in [0, 0.1) is 6.92 Å². The standard InChI is InChI=1S/C18H18N4O/c1-11-8-12-2-6-21-17(12)9-16(11)22-18(23)13-3-7-20-15-4-5-19-10-14(13)15/h2-3,6-9,19,21H,4-5,10H2,1H3,(H,22,23). The number of carbonyl (C=O) groups is 1. The second-order valence-electron chi connectivity index (χ2n) is 5.90. The lowest BCUT2D eigenvalue weighted by Gasteiger charge is -2.19. The Morgan fingerprint density at radius 3 is 3.13 bits per heavy atom. The van der Waals surface area contributed by atoms with Crippen LogP contribution in [-0.4, -0.2) is 22.4 Å². The number of aromatic amines is 1. The minimum atomic E-state index is -0.0821. The molecule has 4 rings (SSSR count). The molecule has 0 saturated heterocycles. The quantitative estimate of drug-likeness (QED) is 0.682. The third-order valence-corrected chi connectivity index (χ3v) is 4.38. The van der Waals surface area contributed by atoms with Crippen molar-refractivity contribution >= 4 is 22.5 Å². The summed E-state index contributed by atoms with van der Waals surface area (Å²) in [6, 6.07) is 7.88. The van der Waals surface area contributed by atoms with Crippen molar-refractivity contribution in [1.29, 1.82) is 0 Å². The molecule has 1 aliphatic heterocycles. The maximum atomic E-state index is 12.7. The van der Waals surface area contributed by atoms with Crippen LogP contribution in [0.15, 0.2) is 36.7 Å². The van der Waals surface area contributed by atoms with Crippen LogP contribution in [0.4, 0.5) is 5.69 Å². The van der Waals surface area contributed by atoms with Crippen LogP contribution in [0.2, 0.25) is 0 Å². The number of aryl methyl sites for hydroxylation is 1. The molecule has 5 nitrogen and oxygen atoms in total. The first kappa shape index (κ1) is 14.0. The van der Waals surface area contributed by atoms with Crippen molar-refractivity contribution in [2.75, 3.05) is 11.9 Å². The van der Waals surface area contributed by atoms with E-state index in [1.54, 1.807) is 12.3 Å². The normalized spacial score (nSPS) is 13.8. The topological polar surface area (TPSA) is 69.8 Å². The number of hydrogen-bond acceptors (Lipinski definition) is 3. The SMILES string of the molecule is Cc1cc2cc[nH]c2cc1NC(=O)c1ccnc2c1CNCC2. The van der Waals surface area contributed by atoms with Gasteiger partial charge in [0, 0.05) is 59.9 Å². The van der Waals surface area contributed by atoms with E-state index in [2.05, 4.69) is 26.7 Å². The van der Waals surface area contributed by atoms with E-state index < -0.39 is 0 Å². The van der Waals surface area contributed by atoms with Gasteiger partial charge in [-0.1, -0.05) is 0 Å². The third-order valence-electron chi connectivity index (χ3n) is 4.38. The minimum absolute atomic E-state index is 0.0821. The van der Waals surface area contributed by atoms with Crippen LogP contribution in [0.1, 0.15) is 27.2 Å². The fourth-order valence-corrected chi connectivity index (χ4v) is 3.12. The Labute approximate surface area is 134 Å². The third kappa shape index (κ3) is 2.49. The number of amides is 1. The van der Waals surface area contributed by atoms with Crippen LogP contribution in [0.3, 0.4) is 0 Å². The number of hydrogen-bond donors (Lipinski definition) is 3. The van der Waals surface area contributed by atoms with Gasteiger partial charge >= 0.3 is 0 Å². The molecule has 23 heavy (non-hydrogen) atoms. The lowest BCUT2D eigenvalue weighted by atomic mass is 10.0. The number of pyridine rings is 1. The molecular formula is C18H18N4O. The number of nitrogens with one attached hydrogen (secondary N) is 3. The van der Waals surface area contributed by atoms with Gasteiger partial charge in [-0.15, -0.1) is 0 Å². The predicted molar refractivity (Wildman–Crippen MR) is 90.6 cm³/mol. The molecule has 116 valence electrons. The highest BCUT2D eigenvalue weighted by atomic mass is 16.1. The van der Waals surface area contributed by atoms with Gasteiger partial charge in [-0.05, 0) is 42.1 Å². The predicted octanol–water partition coefficient (Wildman–Crippen LogP) is 2.77. The van der Waals surface area contributed by atoms with E-state index in [9.17, 15) is 4.79 Å². The lowest BCUT2D eigenvalue weighted by molar-refractivity contribution is 0.102. The first-order valence-electron chi connectivity index (χ1n) is 7.79. The number of benzene rings is 1. The van der Waals surface area contributed by atoms with Gasteiger partial charge in [0.1, 0.15) is 0 Å². The van der Waals surface area contributed by atoms with E-state index in [0.29, 0.717) is 12.1 Å². The van der Waals surface area contributed by atoms with Gasteiger partial charge < -0.3 is 15.6 Å². The smallest absolute Gasteiger partial charge is 0.256 e. The van der Waals surface area contributed by atoms with E-state index in [4.69, 9.17) is 0 Å². The summed E-state index contributed by atoms with van der Waals surface area (Å²) in [7, 11) is 0. The number of H-pyrrole nitrogens is 1. The average Bonchev–Trinajstić information content (AvgIpc) is 3.01. The zero-order valence-corrected chi connectivity index (χ0v) is 12.9. The summed E-state index contributed by atoms with van der Waals surface area (Å²) in [5.74, 6) is -0.0821. The molecule has 1 aromatic carbocycles. The zero-order valence-electron chi connectivity index (χ0n) is 12.9. The van der Waals surface area contributed by atoms with E-state index in [-0.39, 0.29) is 5.91 Å². The van der Waals surface area contributed by atoms with Crippen molar-refractivity contribution in [3.63, 3.8) is 0 Å². The highest BCUT2D eigenvalue weighted by Crippen LogP contribution is 2.24. The lowest BCUT2D eigenvalue weighted by Crippen LogP contribution is -2.28. The maximum absolute atomic E-state index is 12.7. The highest BCUT2D eigenvalue weighted by molar-refractivity contribution is 6.06. The maximum Gasteiger partial charge on any atom is 0.256 e. The minimum Gasteiger partial charge on any atom is -0.361 e. The van der Waals surface area contributed by atoms with Crippen molar-refractivity contribution in [2.24, 2.45) is 0 Å². The Balaban J connectivity index is 1.68. The molecule has 0 aliphatic carbocycles. The van der Waals surface area contributed by atoms with Crippen molar-refractivity contribution in [2.45, 2.75) is 19.9 Å². The summed E-state index contributed by atoms with van der Waals surface area (Å²) in [5.41, 5.74) is 5.63. The number of nitrogens with zero attached hydrogens (tertiary/aromatic N) is 1. The van der Waals surface area contributed by atoms with Crippen molar-refractivity contribution in [3.05, 3.63) is 59.0 Å². The Bertz CT molecular complexity index is 897. The summed E-state index contributed by atoms with van der Waals surface area (Å²) in [5, 5.41) is 7.50. The van der Waals surface area contributed by atoms with Crippen LogP contribution in [0.5, 0.6) is 0 Å². The van der Waals surface area contributed by atoms with Crippen LogP contribution in [-0.2, 0) is 13.0 Å². The number of fused-ring (bicyclic) bond motifs is 2. The molecule has 0 spiro atoms. The molecule has 2 aromatic heterocycles. The van der Waals surface area contributed by atoms with Gasteiger partial charge in [-0.2, -0.15) is 0 Å². The first-order valence-corrected chi connectivity index (χ1v) is 7.79. The van der Waals surface area contributed by atoms with Crippen LogP contribution < -0.4 is 10.6 Å². The Morgan fingerprint density at radius 2 is 2.22 bits per heavy atom. The number of aromatic nitrogens is 2. The molecule has 0 atom stereocenters. The summed E-state index contributed by atoms with van der Waals surface area (Å²) in [6.45, 7) is 3.61. The van der Waals surface area contributed by atoms with E-state index in [1.165, 1.54) is 0 Å². The second kappa shape index (κ2) is 5.52. The average molecular weight is 306 g/mol. The van der Waals surface area contributed by atoms with Gasteiger partial charge in [-0.25, -0.2) is 0 Å². The molecule has 0 fully saturated rings. The molecule has 3 N–H and O–H groups in total. The molecule has 0 radical (unpaired) electrons. The first-order chi connectivity index (χ1) is 11.2. The van der Waals surface area contributed by atoms with Gasteiger partial charge in [0.15, 0.2) is 0 Å². The molecule has 1 aliphatic rings. The molecule has 3 heterocycles. The van der Waals surface area contributed by atoms with Gasteiger partial charge in [0.05, 0.1) is 0 Å².